The topological polar surface area (TPSA) is 55.4 Å². The first-order valence-electron chi connectivity index (χ1n) is 6.97. The fourth-order valence-electron chi connectivity index (χ4n) is 3.22. The number of halogens is 3. The van der Waals surface area contributed by atoms with Crippen LogP contribution in [0.5, 0.6) is 0 Å². The molecule has 4 nitrogen and oxygen atoms in total. The highest BCUT2D eigenvalue weighted by Gasteiger charge is 2.52. The summed E-state index contributed by atoms with van der Waals surface area (Å²) in [6, 6.07) is -0.774. The Morgan fingerprint density at radius 3 is 2.33 bits per heavy atom. The van der Waals surface area contributed by atoms with Crippen LogP contribution >= 0.6 is 0 Å². The number of esters is 1. The van der Waals surface area contributed by atoms with Crippen LogP contribution in [0.3, 0.4) is 0 Å². The lowest BCUT2D eigenvalue weighted by Gasteiger charge is -2.45. The van der Waals surface area contributed by atoms with Crippen LogP contribution in [0.15, 0.2) is 11.3 Å². The number of rotatable bonds is 4. The molecule has 0 aromatic rings. The summed E-state index contributed by atoms with van der Waals surface area (Å²) < 4.78 is 42.7. The van der Waals surface area contributed by atoms with E-state index in [1.54, 1.807) is 0 Å². The molecule has 1 fully saturated rings. The quantitative estimate of drug-likeness (QED) is 0.810. The third-order valence-electron chi connectivity index (χ3n) is 4.23. The van der Waals surface area contributed by atoms with Gasteiger partial charge in [0.1, 0.15) is 6.04 Å². The van der Waals surface area contributed by atoms with E-state index in [0.29, 0.717) is 6.42 Å². The van der Waals surface area contributed by atoms with Crippen molar-refractivity contribution in [3.63, 3.8) is 0 Å². The van der Waals surface area contributed by atoms with Crippen LogP contribution in [0.1, 0.15) is 32.6 Å². The minimum atomic E-state index is -4.88. The zero-order chi connectivity index (χ0) is 15.8. The van der Waals surface area contributed by atoms with Crippen molar-refractivity contribution in [3.8, 4) is 0 Å². The van der Waals surface area contributed by atoms with Gasteiger partial charge in [-0.25, -0.2) is 4.79 Å². The third-order valence-corrected chi connectivity index (χ3v) is 4.23. The Morgan fingerprint density at radius 1 is 1.24 bits per heavy atom. The minimum absolute atomic E-state index is 0.0767. The van der Waals surface area contributed by atoms with Gasteiger partial charge in [0.25, 0.3) is 5.78 Å². The molecule has 0 aliphatic heterocycles. The van der Waals surface area contributed by atoms with E-state index >= 15 is 0 Å². The molecule has 21 heavy (non-hydrogen) atoms. The van der Waals surface area contributed by atoms with E-state index in [0.717, 1.165) is 19.3 Å². The summed E-state index contributed by atoms with van der Waals surface area (Å²) in [4.78, 5) is 23.0. The monoisotopic (exact) mass is 305 g/mol. The number of ketones is 1. The second-order valence-corrected chi connectivity index (χ2v) is 5.54. The van der Waals surface area contributed by atoms with Crippen LogP contribution in [0.4, 0.5) is 13.2 Å². The largest absolute Gasteiger partial charge is 0.467 e. The number of ether oxygens (including phenoxy) is 1. The van der Waals surface area contributed by atoms with Crippen LogP contribution < -0.4 is 5.32 Å². The smallest absolute Gasteiger partial charge is 0.454 e. The summed E-state index contributed by atoms with van der Waals surface area (Å²) in [6.45, 7) is 1.50. The van der Waals surface area contributed by atoms with Gasteiger partial charge in [-0.1, -0.05) is 12.8 Å². The van der Waals surface area contributed by atoms with Crippen molar-refractivity contribution in [1.82, 2.24) is 5.32 Å². The predicted molar refractivity (Wildman–Crippen MR) is 68.1 cm³/mol. The average molecular weight is 305 g/mol. The number of allylic oxidation sites excluding steroid dienone is 2. The normalized spacial score (nSPS) is 26.5. The number of carbonyl (C=O) groups excluding carboxylic acids is 2. The summed E-state index contributed by atoms with van der Waals surface area (Å²) in [5.41, 5.74) is 0.0860. The second kappa shape index (κ2) is 5.69. The van der Waals surface area contributed by atoms with Crippen molar-refractivity contribution in [2.75, 3.05) is 7.11 Å². The molecule has 0 heterocycles. The van der Waals surface area contributed by atoms with Crippen molar-refractivity contribution in [2.24, 2.45) is 11.8 Å². The number of hydrogen-bond acceptors (Lipinski definition) is 4. The van der Waals surface area contributed by atoms with E-state index in [2.05, 4.69) is 10.1 Å². The maximum atomic E-state index is 12.7. The van der Waals surface area contributed by atoms with Gasteiger partial charge in [-0.05, 0) is 25.7 Å². The molecule has 2 rings (SSSR count). The molecular formula is C14H18F3NO3. The molecule has 118 valence electrons. The molecule has 2 aliphatic carbocycles. The Kier molecular flexibility index (Phi) is 4.30. The lowest BCUT2D eigenvalue weighted by atomic mass is 9.62. The SMILES string of the molecule is COC(=O)C(C)NC1=C(C(=O)C(F)(F)F)C2CCCCC12. The van der Waals surface area contributed by atoms with Crippen molar-refractivity contribution in [1.29, 1.82) is 0 Å². The Bertz CT molecular complexity index is 484. The van der Waals surface area contributed by atoms with E-state index in [1.807, 2.05) is 0 Å². The predicted octanol–water partition coefficient (Wildman–Crippen LogP) is 2.34. The number of methoxy groups -OCH3 is 1. The molecule has 2 aliphatic rings. The van der Waals surface area contributed by atoms with Crippen LogP contribution in [0.25, 0.3) is 0 Å². The first-order chi connectivity index (χ1) is 9.77. The van der Waals surface area contributed by atoms with Crippen molar-refractivity contribution in [3.05, 3.63) is 11.3 Å². The lowest BCUT2D eigenvalue weighted by Crippen LogP contribution is -2.49. The minimum Gasteiger partial charge on any atom is -0.467 e. The molecule has 0 radical (unpaired) electrons. The standard InChI is InChI=1S/C14H18F3NO3/c1-7(13(20)21-2)18-11-9-6-4-3-5-8(9)10(11)12(19)14(15,16)17/h7-9,18H,3-6H2,1-2H3. The number of carbonyl (C=O) groups is 2. The van der Waals surface area contributed by atoms with Gasteiger partial charge < -0.3 is 10.1 Å². The Balaban J connectivity index is 2.27. The van der Waals surface area contributed by atoms with E-state index in [-0.39, 0.29) is 23.1 Å². The first kappa shape index (κ1) is 15.9. The van der Waals surface area contributed by atoms with E-state index in [4.69, 9.17) is 0 Å². The highest BCUT2D eigenvalue weighted by molar-refractivity contribution is 6.02. The molecule has 3 unspecified atom stereocenters. The second-order valence-electron chi connectivity index (χ2n) is 5.54. The highest BCUT2D eigenvalue weighted by atomic mass is 19.4. The van der Waals surface area contributed by atoms with Gasteiger partial charge >= 0.3 is 12.1 Å². The van der Waals surface area contributed by atoms with Gasteiger partial charge in [0.2, 0.25) is 0 Å². The zero-order valence-corrected chi connectivity index (χ0v) is 11.9. The van der Waals surface area contributed by atoms with Gasteiger partial charge in [-0.2, -0.15) is 13.2 Å². The van der Waals surface area contributed by atoms with E-state index in [1.165, 1.54) is 14.0 Å². The molecule has 0 amide bonds. The molecule has 3 atom stereocenters. The van der Waals surface area contributed by atoms with Crippen LogP contribution in [-0.2, 0) is 14.3 Å². The van der Waals surface area contributed by atoms with Gasteiger partial charge in [0.15, 0.2) is 0 Å². The average Bonchev–Trinajstić information content (AvgIpc) is 2.43. The van der Waals surface area contributed by atoms with Crippen molar-refractivity contribution in [2.45, 2.75) is 44.8 Å². The molecular weight excluding hydrogens is 287 g/mol. The summed E-state index contributed by atoms with van der Waals surface area (Å²) in [5.74, 6) is -2.77. The van der Waals surface area contributed by atoms with Crippen molar-refractivity contribution >= 4 is 11.8 Å². The van der Waals surface area contributed by atoms with E-state index in [9.17, 15) is 22.8 Å². The summed E-state index contributed by atoms with van der Waals surface area (Å²) in [7, 11) is 1.21. The molecule has 1 N–H and O–H groups in total. The number of alkyl halides is 3. The van der Waals surface area contributed by atoms with Gasteiger partial charge in [0, 0.05) is 17.2 Å². The van der Waals surface area contributed by atoms with Gasteiger partial charge in [-0.15, -0.1) is 0 Å². The molecule has 0 spiro atoms. The highest BCUT2D eigenvalue weighted by Crippen LogP contribution is 2.50. The Morgan fingerprint density at radius 2 is 1.81 bits per heavy atom. The molecule has 7 heteroatoms. The van der Waals surface area contributed by atoms with Crippen LogP contribution in [-0.4, -0.2) is 31.1 Å². The molecule has 0 aromatic carbocycles. The fourth-order valence-corrected chi connectivity index (χ4v) is 3.22. The number of nitrogens with one attached hydrogen (secondary N) is 1. The third kappa shape index (κ3) is 2.91. The maximum Gasteiger partial charge on any atom is 0.454 e. The molecule has 0 saturated heterocycles. The summed E-state index contributed by atoms with van der Waals surface area (Å²) in [6.07, 6.45) is -1.78. The zero-order valence-electron chi connectivity index (χ0n) is 11.9. The van der Waals surface area contributed by atoms with Crippen molar-refractivity contribution < 1.29 is 27.5 Å². The number of Topliss-reactive ketones (excluding diaryl/α,β-unsaturated/α-hetero) is 1. The Labute approximate surface area is 120 Å². The summed E-state index contributed by atoms with van der Waals surface area (Å²) >= 11 is 0. The van der Waals surface area contributed by atoms with Gasteiger partial charge in [-0.3, -0.25) is 4.79 Å². The molecule has 0 aromatic heterocycles. The molecule has 1 saturated carbocycles. The number of fused-ring (bicyclic) bond motifs is 1. The fraction of sp³-hybridized carbons (Fsp3) is 0.714. The maximum absolute atomic E-state index is 12.7. The first-order valence-corrected chi connectivity index (χ1v) is 6.97. The van der Waals surface area contributed by atoms with E-state index < -0.39 is 24.0 Å². The van der Waals surface area contributed by atoms with Crippen LogP contribution in [0.2, 0.25) is 0 Å². The molecule has 0 bridgehead atoms. The number of hydrogen-bond donors (Lipinski definition) is 1. The Hall–Kier alpha value is -1.53. The lowest BCUT2D eigenvalue weighted by molar-refractivity contribution is -0.168. The van der Waals surface area contributed by atoms with Gasteiger partial charge in [0.05, 0.1) is 7.11 Å². The van der Waals surface area contributed by atoms with Crippen LogP contribution in [0, 0.1) is 11.8 Å². The summed E-state index contributed by atoms with van der Waals surface area (Å²) in [5, 5.41) is 2.75.